The zero-order valence-corrected chi connectivity index (χ0v) is 20.7. The first-order valence-electron chi connectivity index (χ1n) is 12.5. The summed E-state index contributed by atoms with van der Waals surface area (Å²) in [6, 6.07) is 8.17. The Balaban J connectivity index is 1.33. The first-order chi connectivity index (χ1) is 16.5. The lowest BCUT2D eigenvalue weighted by molar-refractivity contribution is -0.732. The molecule has 182 valence electrons. The summed E-state index contributed by atoms with van der Waals surface area (Å²) in [4.78, 5) is 25.6. The van der Waals surface area contributed by atoms with E-state index in [0.29, 0.717) is 13.0 Å². The number of imidazole rings is 1. The number of ketones is 1. The Hall–Kier alpha value is -2.93. The third-order valence-electron chi connectivity index (χ3n) is 7.17. The van der Waals surface area contributed by atoms with Crippen molar-refractivity contribution in [1.29, 1.82) is 0 Å². The smallest absolute Gasteiger partial charge is 0.308 e. The van der Waals surface area contributed by atoms with Crippen LogP contribution in [-0.2, 0) is 36.3 Å². The lowest BCUT2D eigenvalue weighted by Crippen LogP contribution is -2.38. The van der Waals surface area contributed by atoms with E-state index in [1.807, 2.05) is 43.1 Å². The minimum absolute atomic E-state index is 0.0525. The number of nitrogens with one attached hydrogen (secondary N) is 1. The van der Waals surface area contributed by atoms with Crippen LogP contribution in [0.5, 0.6) is 0 Å². The van der Waals surface area contributed by atoms with Gasteiger partial charge in [0.1, 0.15) is 18.9 Å². The van der Waals surface area contributed by atoms with E-state index < -0.39 is 0 Å². The molecule has 7 nitrogen and oxygen atoms in total. The van der Waals surface area contributed by atoms with Crippen molar-refractivity contribution in [1.82, 2.24) is 14.5 Å². The SMILES string of the molecule is CNCCCCCCC(=O)OC[n+]1ccn(CC2CCc3c(c4ccccc4n3C)C2=O)c1C. The van der Waals surface area contributed by atoms with Gasteiger partial charge in [-0.05, 0) is 45.3 Å². The van der Waals surface area contributed by atoms with Crippen LogP contribution in [0.2, 0.25) is 0 Å². The highest BCUT2D eigenvalue weighted by molar-refractivity contribution is 6.11. The quantitative estimate of drug-likeness (QED) is 0.266. The molecule has 1 atom stereocenters. The number of Topliss-reactive ketones (excluding diaryl/α,β-unsaturated/α-hetero) is 1. The minimum Gasteiger partial charge on any atom is -0.425 e. The van der Waals surface area contributed by atoms with Crippen molar-refractivity contribution >= 4 is 22.7 Å². The third kappa shape index (κ3) is 5.09. The Morgan fingerprint density at radius 3 is 2.82 bits per heavy atom. The Kier molecular flexibility index (Phi) is 7.83. The highest BCUT2D eigenvalue weighted by atomic mass is 16.5. The van der Waals surface area contributed by atoms with E-state index in [4.69, 9.17) is 4.74 Å². The summed E-state index contributed by atoms with van der Waals surface area (Å²) in [7, 11) is 4.01. The van der Waals surface area contributed by atoms with E-state index in [1.165, 1.54) is 0 Å². The zero-order valence-electron chi connectivity index (χ0n) is 20.7. The number of nitrogens with zero attached hydrogens (tertiary/aromatic N) is 3. The number of aromatic nitrogens is 3. The van der Waals surface area contributed by atoms with Crippen LogP contribution in [0.25, 0.3) is 10.9 Å². The molecule has 2 heterocycles. The molecule has 1 unspecified atom stereocenters. The van der Waals surface area contributed by atoms with Gasteiger partial charge in [-0.1, -0.05) is 31.0 Å². The van der Waals surface area contributed by atoms with Crippen molar-refractivity contribution in [2.75, 3.05) is 13.6 Å². The lowest BCUT2D eigenvalue weighted by atomic mass is 9.85. The second kappa shape index (κ2) is 11.0. The Morgan fingerprint density at radius 1 is 1.21 bits per heavy atom. The number of unbranched alkanes of at least 4 members (excludes halogenated alkanes) is 3. The highest BCUT2D eigenvalue weighted by Crippen LogP contribution is 2.34. The van der Waals surface area contributed by atoms with E-state index in [9.17, 15) is 9.59 Å². The molecule has 0 radical (unpaired) electrons. The molecule has 34 heavy (non-hydrogen) atoms. The number of carbonyl (C=O) groups is 2. The van der Waals surface area contributed by atoms with Crippen molar-refractivity contribution in [3.63, 3.8) is 0 Å². The van der Waals surface area contributed by atoms with Crippen molar-refractivity contribution in [3.8, 4) is 0 Å². The van der Waals surface area contributed by atoms with Crippen LogP contribution in [0.15, 0.2) is 36.7 Å². The molecule has 1 aliphatic rings. The normalized spacial score (nSPS) is 15.6. The summed E-state index contributed by atoms with van der Waals surface area (Å²) in [5.74, 6) is 1.01. The number of carbonyl (C=O) groups excluding carboxylic acids is 2. The van der Waals surface area contributed by atoms with Crippen LogP contribution in [0.3, 0.4) is 0 Å². The molecular weight excluding hydrogens is 428 g/mol. The average molecular weight is 466 g/mol. The summed E-state index contributed by atoms with van der Waals surface area (Å²) in [6.45, 7) is 3.88. The van der Waals surface area contributed by atoms with Gasteiger partial charge >= 0.3 is 5.97 Å². The van der Waals surface area contributed by atoms with Crippen LogP contribution in [-0.4, -0.2) is 34.5 Å². The largest absolute Gasteiger partial charge is 0.425 e. The van der Waals surface area contributed by atoms with Gasteiger partial charge in [-0.15, -0.1) is 0 Å². The van der Waals surface area contributed by atoms with Crippen molar-refractivity contribution in [2.24, 2.45) is 13.0 Å². The fourth-order valence-corrected chi connectivity index (χ4v) is 5.08. The van der Waals surface area contributed by atoms with Gasteiger partial charge in [0, 0.05) is 42.6 Å². The van der Waals surface area contributed by atoms with Gasteiger partial charge in [0.05, 0.1) is 5.92 Å². The number of hydrogen-bond acceptors (Lipinski definition) is 4. The molecule has 1 aliphatic carbocycles. The Bertz CT molecular complexity index is 1160. The van der Waals surface area contributed by atoms with E-state index in [-0.39, 0.29) is 24.4 Å². The van der Waals surface area contributed by atoms with Crippen molar-refractivity contribution < 1.29 is 18.9 Å². The number of ether oxygens (including phenoxy) is 1. The highest BCUT2D eigenvalue weighted by Gasteiger charge is 2.33. The number of aryl methyl sites for hydroxylation is 1. The molecule has 0 fully saturated rings. The van der Waals surface area contributed by atoms with Gasteiger partial charge in [-0.25, -0.2) is 4.57 Å². The van der Waals surface area contributed by atoms with Gasteiger partial charge in [0.15, 0.2) is 5.78 Å². The maximum Gasteiger partial charge on any atom is 0.308 e. The molecule has 3 aromatic rings. The summed E-state index contributed by atoms with van der Waals surface area (Å²) >= 11 is 0. The number of fused-ring (bicyclic) bond motifs is 3. The van der Waals surface area contributed by atoms with E-state index >= 15 is 0 Å². The van der Waals surface area contributed by atoms with Crippen molar-refractivity contribution in [2.45, 2.75) is 65.1 Å². The Labute approximate surface area is 201 Å². The monoisotopic (exact) mass is 465 g/mol. The summed E-state index contributed by atoms with van der Waals surface area (Å²) in [6.07, 6.45) is 10.3. The van der Waals surface area contributed by atoms with Crippen LogP contribution in [0.1, 0.15) is 60.4 Å². The fraction of sp³-hybridized carbons (Fsp3) is 0.519. The number of esters is 1. The van der Waals surface area contributed by atoms with E-state index in [0.717, 1.165) is 73.1 Å². The predicted molar refractivity (Wildman–Crippen MR) is 132 cm³/mol. The second-order valence-electron chi connectivity index (χ2n) is 9.38. The molecule has 0 bridgehead atoms. The van der Waals surface area contributed by atoms with Crippen LogP contribution in [0, 0.1) is 12.8 Å². The van der Waals surface area contributed by atoms with Gasteiger partial charge in [0.2, 0.25) is 6.73 Å². The average Bonchev–Trinajstić information content (AvgIpc) is 3.34. The molecular formula is C27H37N4O3+. The summed E-state index contributed by atoms with van der Waals surface area (Å²) < 4.78 is 11.7. The number of para-hydroxylation sites is 1. The van der Waals surface area contributed by atoms with Crippen LogP contribution >= 0.6 is 0 Å². The minimum atomic E-state index is -0.154. The second-order valence-corrected chi connectivity index (χ2v) is 9.38. The van der Waals surface area contributed by atoms with Crippen LogP contribution < -0.4 is 9.88 Å². The maximum absolute atomic E-state index is 13.5. The fourth-order valence-electron chi connectivity index (χ4n) is 5.08. The van der Waals surface area contributed by atoms with Gasteiger partial charge in [-0.2, -0.15) is 4.57 Å². The topological polar surface area (TPSA) is 69.1 Å². The molecule has 0 amide bonds. The number of hydrogen-bond donors (Lipinski definition) is 1. The molecule has 1 aromatic carbocycles. The van der Waals surface area contributed by atoms with Crippen molar-refractivity contribution in [3.05, 3.63) is 53.7 Å². The summed E-state index contributed by atoms with van der Waals surface area (Å²) in [5.41, 5.74) is 3.17. The first-order valence-corrected chi connectivity index (χ1v) is 12.5. The zero-order chi connectivity index (χ0) is 24.1. The standard InChI is InChI=1S/C27H37N4O3/c1-20-30(16-17-31(20)19-34-25(32)12-6-4-5-9-15-28-2)18-21-13-14-24-26(27(21)33)22-10-7-8-11-23(22)29(24)3/h7-8,10-11,16-17,21,28H,4-6,9,12-15,18-19H2,1-3H3/q+1. The van der Waals surface area contributed by atoms with Gasteiger partial charge in [0.25, 0.3) is 5.82 Å². The molecule has 2 aromatic heterocycles. The third-order valence-corrected chi connectivity index (χ3v) is 7.17. The molecule has 0 aliphatic heterocycles. The van der Waals surface area contributed by atoms with Gasteiger partial charge < -0.3 is 14.6 Å². The Morgan fingerprint density at radius 2 is 2.00 bits per heavy atom. The van der Waals surface area contributed by atoms with E-state index in [2.05, 4.69) is 33.6 Å². The number of rotatable bonds is 11. The molecule has 4 rings (SSSR count). The summed E-state index contributed by atoms with van der Waals surface area (Å²) in [5, 5.41) is 4.20. The molecule has 0 spiro atoms. The lowest BCUT2D eigenvalue weighted by Gasteiger charge is -2.21. The molecule has 7 heteroatoms. The maximum atomic E-state index is 13.5. The molecule has 0 saturated heterocycles. The number of benzene rings is 1. The predicted octanol–water partition coefficient (Wildman–Crippen LogP) is 3.69. The van der Waals surface area contributed by atoms with Gasteiger partial charge in [-0.3, -0.25) is 9.59 Å². The van der Waals surface area contributed by atoms with Crippen LogP contribution in [0.4, 0.5) is 0 Å². The first kappa shape index (κ1) is 24.2. The molecule has 1 N–H and O–H groups in total. The van der Waals surface area contributed by atoms with E-state index in [1.54, 1.807) is 0 Å². The molecule has 0 saturated carbocycles.